The van der Waals surface area contributed by atoms with Crippen LogP contribution in [0.2, 0.25) is 0 Å². The molecule has 3 rings (SSSR count). The summed E-state index contributed by atoms with van der Waals surface area (Å²) < 4.78 is 42.1. The van der Waals surface area contributed by atoms with Crippen LogP contribution in [0, 0.1) is 20.8 Å². The monoisotopic (exact) mass is 444 g/mol. The number of aromatic nitrogens is 2. The molecule has 1 atom stereocenters. The maximum Gasteiger partial charge on any atom is 0.573 e. The number of hydrogen-bond acceptors (Lipinski definition) is 5. The van der Waals surface area contributed by atoms with Gasteiger partial charge in [0.15, 0.2) is 0 Å². The van der Waals surface area contributed by atoms with Crippen molar-refractivity contribution in [1.29, 1.82) is 0 Å². The molecular weight excluding hydrogens is 417 g/mol. The Balaban J connectivity index is 2.03. The standard InChI is InChI=1S/C24H27F3N4O/c1-6-17(5)28-23-29-20(18-8-7-9-19(12-18)32-24(25,26)27)13-21(31-23)30-22-15(3)10-14(2)11-16(22)4/h7-13,17H,6H2,1-5H3,(H2,28,29,30,31)/t17-/m1/s1. The van der Waals surface area contributed by atoms with Gasteiger partial charge in [0.1, 0.15) is 11.6 Å². The van der Waals surface area contributed by atoms with E-state index < -0.39 is 6.36 Å². The molecule has 1 heterocycles. The van der Waals surface area contributed by atoms with Crippen LogP contribution in [-0.4, -0.2) is 22.4 Å². The number of nitrogens with one attached hydrogen (secondary N) is 2. The van der Waals surface area contributed by atoms with Crippen molar-refractivity contribution in [2.75, 3.05) is 10.6 Å². The summed E-state index contributed by atoms with van der Waals surface area (Å²) in [5.41, 5.74) is 5.20. The Morgan fingerprint density at radius 2 is 1.69 bits per heavy atom. The lowest BCUT2D eigenvalue weighted by Crippen LogP contribution is -2.17. The molecule has 0 spiro atoms. The fourth-order valence-corrected chi connectivity index (χ4v) is 3.40. The molecule has 3 aromatic rings. The molecule has 0 aliphatic rings. The van der Waals surface area contributed by atoms with E-state index in [2.05, 4.69) is 37.5 Å². The molecule has 0 fully saturated rings. The number of halogens is 3. The van der Waals surface area contributed by atoms with Crippen molar-refractivity contribution in [3.05, 3.63) is 59.2 Å². The second-order valence-electron chi connectivity index (χ2n) is 7.89. The highest BCUT2D eigenvalue weighted by Gasteiger charge is 2.31. The largest absolute Gasteiger partial charge is 0.573 e. The maximum absolute atomic E-state index is 12.7. The van der Waals surface area contributed by atoms with Crippen molar-refractivity contribution in [2.45, 2.75) is 53.4 Å². The summed E-state index contributed by atoms with van der Waals surface area (Å²) in [4.78, 5) is 9.11. The minimum Gasteiger partial charge on any atom is -0.406 e. The average molecular weight is 445 g/mol. The molecule has 8 heteroatoms. The minimum absolute atomic E-state index is 0.126. The maximum atomic E-state index is 12.7. The van der Waals surface area contributed by atoms with Gasteiger partial charge in [-0.05, 0) is 57.4 Å². The van der Waals surface area contributed by atoms with Gasteiger partial charge in [0, 0.05) is 23.4 Å². The third-order valence-corrected chi connectivity index (χ3v) is 5.01. The van der Waals surface area contributed by atoms with Crippen LogP contribution < -0.4 is 15.4 Å². The highest BCUT2D eigenvalue weighted by atomic mass is 19.4. The van der Waals surface area contributed by atoms with Gasteiger partial charge in [0.05, 0.1) is 5.69 Å². The Kier molecular flexibility index (Phi) is 6.91. The van der Waals surface area contributed by atoms with Gasteiger partial charge in [-0.25, -0.2) is 4.98 Å². The molecule has 0 saturated heterocycles. The molecule has 0 aliphatic heterocycles. The van der Waals surface area contributed by atoms with Crippen LogP contribution in [0.4, 0.5) is 30.6 Å². The Morgan fingerprint density at radius 1 is 1.00 bits per heavy atom. The number of hydrogen-bond donors (Lipinski definition) is 2. The van der Waals surface area contributed by atoms with Crippen LogP contribution >= 0.6 is 0 Å². The number of alkyl halides is 3. The van der Waals surface area contributed by atoms with Gasteiger partial charge < -0.3 is 15.4 Å². The average Bonchev–Trinajstić information content (AvgIpc) is 2.69. The van der Waals surface area contributed by atoms with E-state index in [4.69, 9.17) is 0 Å². The smallest absolute Gasteiger partial charge is 0.406 e. The number of aryl methyl sites for hydroxylation is 3. The molecule has 2 N–H and O–H groups in total. The van der Waals surface area contributed by atoms with E-state index in [1.807, 2.05) is 34.6 Å². The zero-order valence-electron chi connectivity index (χ0n) is 18.8. The van der Waals surface area contributed by atoms with Crippen molar-refractivity contribution in [3.63, 3.8) is 0 Å². The van der Waals surface area contributed by atoms with E-state index in [1.165, 1.54) is 18.2 Å². The van der Waals surface area contributed by atoms with E-state index in [0.717, 1.165) is 28.8 Å². The quantitative estimate of drug-likeness (QED) is 0.414. The van der Waals surface area contributed by atoms with Gasteiger partial charge >= 0.3 is 6.36 Å². The first-order chi connectivity index (χ1) is 15.0. The van der Waals surface area contributed by atoms with Crippen molar-refractivity contribution < 1.29 is 17.9 Å². The summed E-state index contributed by atoms with van der Waals surface area (Å²) in [6, 6.07) is 11.8. The number of benzene rings is 2. The number of rotatable bonds is 7. The molecule has 32 heavy (non-hydrogen) atoms. The van der Waals surface area contributed by atoms with E-state index in [-0.39, 0.29) is 11.8 Å². The number of nitrogens with zero attached hydrogens (tertiary/aromatic N) is 2. The normalized spacial score (nSPS) is 12.4. The van der Waals surface area contributed by atoms with Crippen LogP contribution in [0.1, 0.15) is 37.0 Å². The summed E-state index contributed by atoms with van der Waals surface area (Å²) in [7, 11) is 0. The van der Waals surface area contributed by atoms with E-state index in [9.17, 15) is 13.2 Å². The molecule has 1 aromatic heterocycles. The molecule has 170 valence electrons. The first kappa shape index (κ1) is 23.4. The molecule has 0 radical (unpaired) electrons. The van der Waals surface area contributed by atoms with Crippen LogP contribution in [0.5, 0.6) is 5.75 Å². The third kappa shape index (κ3) is 6.12. The Hall–Kier alpha value is -3.29. The zero-order valence-corrected chi connectivity index (χ0v) is 18.8. The topological polar surface area (TPSA) is 59.1 Å². The van der Waals surface area contributed by atoms with Crippen LogP contribution in [0.25, 0.3) is 11.3 Å². The first-order valence-electron chi connectivity index (χ1n) is 10.4. The lowest BCUT2D eigenvalue weighted by molar-refractivity contribution is -0.274. The number of ether oxygens (including phenoxy) is 1. The van der Waals surface area contributed by atoms with Crippen LogP contribution in [-0.2, 0) is 0 Å². The highest BCUT2D eigenvalue weighted by Crippen LogP contribution is 2.31. The van der Waals surface area contributed by atoms with Gasteiger partial charge in [0.25, 0.3) is 0 Å². The second-order valence-corrected chi connectivity index (χ2v) is 7.89. The van der Waals surface area contributed by atoms with E-state index in [1.54, 1.807) is 12.1 Å². The Bertz CT molecular complexity index is 1080. The van der Waals surface area contributed by atoms with Crippen molar-refractivity contribution in [1.82, 2.24) is 9.97 Å². The van der Waals surface area contributed by atoms with E-state index in [0.29, 0.717) is 23.0 Å². The summed E-state index contributed by atoms with van der Waals surface area (Å²) in [6.45, 7) is 10.1. The molecular formula is C24H27F3N4O. The van der Waals surface area contributed by atoms with E-state index >= 15 is 0 Å². The second kappa shape index (κ2) is 9.46. The van der Waals surface area contributed by atoms with Gasteiger partial charge in [-0.1, -0.05) is 36.8 Å². The van der Waals surface area contributed by atoms with Crippen molar-refractivity contribution in [2.24, 2.45) is 0 Å². The highest BCUT2D eigenvalue weighted by molar-refractivity contribution is 5.71. The lowest BCUT2D eigenvalue weighted by Gasteiger charge is -2.17. The first-order valence-corrected chi connectivity index (χ1v) is 10.4. The van der Waals surface area contributed by atoms with Gasteiger partial charge in [-0.2, -0.15) is 4.98 Å². The molecule has 0 saturated carbocycles. The van der Waals surface area contributed by atoms with Gasteiger partial charge in [0.2, 0.25) is 5.95 Å². The summed E-state index contributed by atoms with van der Waals surface area (Å²) in [5.74, 6) is 0.631. The molecule has 0 aliphatic carbocycles. The minimum atomic E-state index is -4.76. The molecule has 2 aromatic carbocycles. The summed E-state index contributed by atoms with van der Waals surface area (Å²) in [6.07, 6.45) is -3.90. The summed E-state index contributed by atoms with van der Waals surface area (Å²) in [5, 5.41) is 6.61. The fourth-order valence-electron chi connectivity index (χ4n) is 3.40. The van der Waals surface area contributed by atoms with Crippen LogP contribution in [0.3, 0.4) is 0 Å². The SMILES string of the molecule is CC[C@@H](C)Nc1nc(Nc2c(C)cc(C)cc2C)cc(-c2cccc(OC(F)(F)F)c2)n1. The van der Waals surface area contributed by atoms with Gasteiger partial charge in [-0.3, -0.25) is 0 Å². The van der Waals surface area contributed by atoms with Crippen LogP contribution in [0.15, 0.2) is 42.5 Å². The molecule has 0 unspecified atom stereocenters. The molecule has 5 nitrogen and oxygen atoms in total. The Morgan fingerprint density at radius 3 is 2.31 bits per heavy atom. The molecule has 0 amide bonds. The predicted octanol–water partition coefficient (Wildman–Crippen LogP) is 6.92. The lowest BCUT2D eigenvalue weighted by atomic mass is 10.1. The zero-order chi connectivity index (χ0) is 23.5. The Labute approximate surface area is 186 Å². The van der Waals surface area contributed by atoms with Gasteiger partial charge in [-0.15, -0.1) is 13.2 Å². The molecule has 0 bridgehead atoms. The van der Waals surface area contributed by atoms with Crippen molar-refractivity contribution in [3.8, 4) is 17.0 Å². The fraction of sp³-hybridized carbons (Fsp3) is 0.333. The predicted molar refractivity (Wildman–Crippen MR) is 121 cm³/mol. The summed E-state index contributed by atoms with van der Waals surface area (Å²) >= 11 is 0. The third-order valence-electron chi connectivity index (χ3n) is 5.01. The number of anilines is 3. The van der Waals surface area contributed by atoms with Crippen molar-refractivity contribution >= 4 is 17.5 Å².